The molecule has 1 saturated carbocycles. The van der Waals surface area contributed by atoms with Crippen LogP contribution in [0.2, 0.25) is 0 Å². The number of hydrogen-bond acceptors (Lipinski definition) is 5. The molecule has 2 fully saturated rings. The first-order valence-electron chi connectivity index (χ1n) is 7.55. The van der Waals surface area contributed by atoms with Crippen molar-refractivity contribution in [3.05, 3.63) is 46.0 Å². The Bertz CT molecular complexity index is 754. The van der Waals surface area contributed by atoms with E-state index in [-0.39, 0.29) is 18.2 Å². The van der Waals surface area contributed by atoms with Crippen LogP contribution in [0.3, 0.4) is 0 Å². The summed E-state index contributed by atoms with van der Waals surface area (Å²) >= 11 is 0. The number of nitrogens with zero attached hydrogens (tertiary/aromatic N) is 2. The minimum absolute atomic E-state index is 0.0413. The lowest BCUT2D eigenvalue weighted by Gasteiger charge is -2.25. The zero-order valence-corrected chi connectivity index (χ0v) is 12.7. The van der Waals surface area contributed by atoms with Crippen LogP contribution in [0.4, 0.5) is 5.69 Å². The summed E-state index contributed by atoms with van der Waals surface area (Å²) in [5.74, 6) is -1.30. The van der Waals surface area contributed by atoms with E-state index in [0.717, 1.165) is 12.8 Å². The standard InChI is InChI=1S/C16H15N3O5/c20-14-9-13(16(22)17-14)18(11-6-7-11)15(21)8-5-10-3-1-2-4-12(10)19(23)24/h1-5,8,11,13H,6-7,9H2,(H,17,20,22)/b8-5+/t13-/m0/s1. The van der Waals surface area contributed by atoms with Gasteiger partial charge in [-0.25, -0.2) is 0 Å². The molecule has 1 N–H and O–H groups in total. The van der Waals surface area contributed by atoms with E-state index in [4.69, 9.17) is 0 Å². The Morgan fingerprint density at radius 2 is 2.00 bits per heavy atom. The van der Waals surface area contributed by atoms with Gasteiger partial charge in [-0.1, -0.05) is 12.1 Å². The highest BCUT2D eigenvalue weighted by molar-refractivity contribution is 6.08. The monoisotopic (exact) mass is 329 g/mol. The molecule has 3 rings (SSSR count). The molecular weight excluding hydrogens is 314 g/mol. The molecule has 0 unspecified atom stereocenters. The second-order valence-electron chi connectivity index (χ2n) is 5.76. The van der Waals surface area contributed by atoms with E-state index in [2.05, 4.69) is 5.32 Å². The molecule has 3 amide bonds. The van der Waals surface area contributed by atoms with E-state index >= 15 is 0 Å². The van der Waals surface area contributed by atoms with E-state index in [0.29, 0.717) is 5.56 Å². The van der Waals surface area contributed by atoms with Crippen LogP contribution in [0.5, 0.6) is 0 Å². The van der Waals surface area contributed by atoms with Gasteiger partial charge >= 0.3 is 0 Å². The summed E-state index contributed by atoms with van der Waals surface area (Å²) in [5.41, 5.74) is 0.201. The van der Waals surface area contributed by atoms with Crippen LogP contribution >= 0.6 is 0 Å². The number of rotatable bonds is 5. The zero-order valence-electron chi connectivity index (χ0n) is 12.7. The molecule has 1 aliphatic heterocycles. The molecule has 24 heavy (non-hydrogen) atoms. The van der Waals surface area contributed by atoms with Gasteiger partial charge in [0.05, 0.1) is 16.9 Å². The van der Waals surface area contributed by atoms with Crippen molar-refractivity contribution in [2.24, 2.45) is 0 Å². The van der Waals surface area contributed by atoms with Crippen molar-refractivity contribution >= 4 is 29.5 Å². The van der Waals surface area contributed by atoms with Gasteiger partial charge in [0, 0.05) is 18.2 Å². The number of hydrogen-bond donors (Lipinski definition) is 1. The van der Waals surface area contributed by atoms with Crippen molar-refractivity contribution in [3.63, 3.8) is 0 Å². The first kappa shape index (κ1) is 15.9. The Hall–Kier alpha value is -3.03. The topological polar surface area (TPSA) is 110 Å². The fourth-order valence-corrected chi connectivity index (χ4v) is 2.75. The van der Waals surface area contributed by atoms with Gasteiger partial charge in [0.2, 0.25) is 17.7 Å². The molecule has 0 spiro atoms. The average molecular weight is 329 g/mol. The van der Waals surface area contributed by atoms with Crippen LogP contribution in [-0.4, -0.2) is 39.6 Å². The minimum atomic E-state index is -0.798. The molecule has 0 aromatic heterocycles. The fraction of sp³-hybridized carbons (Fsp3) is 0.312. The normalized spacial score (nSPS) is 20.2. The van der Waals surface area contributed by atoms with Gasteiger partial charge < -0.3 is 4.90 Å². The highest BCUT2D eigenvalue weighted by Crippen LogP contribution is 2.31. The predicted octanol–water partition coefficient (Wildman–Crippen LogP) is 1.01. The van der Waals surface area contributed by atoms with Gasteiger partial charge in [-0.2, -0.15) is 0 Å². The third-order valence-electron chi connectivity index (χ3n) is 4.01. The van der Waals surface area contributed by atoms with Gasteiger partial charge in [0.15, 0.2) is 0 Å². The summed E-state index contributed by atoms with van der Waals surface area (Å²) in [5, 5.41) is 13.2. The highest BCUT2D eigenvalue weighted by Gasteiger charge is 2.43. The van der Waals surface area contributed by atoms with Crippen molar-refractivity contribution in [2.45, 2.75) is 31.3 Å². The number of imide groups is 1. The molecule has 0 radical (unpaired) electrons. The fourth-order valence-electron chi connectivity index (χ4n) is 2.75. The number of para-hydroxylation sites is 1. The Labute approximate surface area is 137 Å². The summed E-state index contributed by atoms with van der Waals surface area (Å²) in [6.45, 7) is 0. The van der Waals surface area contributed by atoms with E-state index in [1.165, 1.54) is 29.2 Å². The van der Waals surface area contributed by atoms with Crippen molar-refractivity contribution < 1.29 is 19.3 Å². The lowest BCUT2D eigenvalue weighted by Crippen LogP contribution is -2.45. The first-order valence-corrected chi connectivity index (χ1v) is 7.55. The molecule has 8 heteroatoms. The highest BCUT2D eigenvalue weighted by atomic mass is 16.6. The van der Waals surface area contributed by atoms with Crippen LogP contribution in [-0.2, 0) is 14.4 Å². The molecule has 8 nitrogen and oxygen atoms in total. The van der Waals surface area contributed by atoms with Crippen molar-refractivity contribution in [3.8, 4) is 0 Å². The molecule has 0 bridgehead atoms. The zero-order chi connectivity index (χ0) is 17.3. The largest absolute Gasteiger partial charge is 0.324 e. The lowest BCUT2D eigenvalue weighted by atomic mass is 10.1. The molecule has 124 valence electrons. The first-order chi connectivity index (χ1) is 11.5. The van der Waals surface area contributed by atoms with Crippen LogP contribution in [0.25, 0.3) is 6.08 Å². The average Bonchev–Trinajstić information content (AvgIpc) is 3.31. The Morgan fingerprint density at radius 3 is 2.58 bits per heavy atom. The van der Waals surface area contributed by atoms with Gasteiger partial charge in [-0.05, 0) is 25.0 Å². The molecule has 1 saturated heterocycles. The molecule has 1 heterocycles. The number of benzene rings is 1. The number of carbonyl (C=O) groups is 3. The molecule has 1 aliphatic carbocycles. The smallest absolute Gasteiger partial charge is 0.276 e. The van der Waals surface area contributed by atoms with E-state index in [1.54, 1.807) is 12.1 Å². The number of nitrogens with one attached hydrogen (secondary N) is 1. The van der Waals surface area contributed by atoms with Gasteiger partial charge in [-0.15, -0.1) is 0 Å². The van der Waals surface area contributed by atoms with Crippen molar-refractivity contribution in [2.75, 3.05) is 0 Å². The third-order valence-corrected chi connectivity index (χ3v) is 4.01. The van der Waals surface area contributed by atoms with Crippen LogP contribution < -0.4 is 5.32 Å². The third kappa shape index (κ3) is 3.17. The van der Waals surface area contributed by atoms with Gasteiger partial charge in [-0.3, -0.25) is 29.8 Å². The summed E-state index contributed by atoms with van der Waals surface area (Å²) < 4.78 is 0. The van der Waals surface area contributed by atoms with Gasteiger partial charge in [0.25, 0.3) is 5.69 Å². The molecular formula is C16H15N3O5. The number of nitro groups is 1. The Morgan fingerprint density at radius 1 is 1.29 bits per heavy atom. The maximum Gasteiger partial charge on any atom is 0.276 e. The van der Waals surface area contributed by atoms with Crippen molar-refractivity contribution in [1.29, 1.82) is 0 Å². The SMILES string of the molecule is O=C1C[C@H](N(C(=O)/C=C/c2ccccc2[N+](=O)[O-])C2CC2)C(=O)N1. The summed E-state index contributed by atoms with van der Waals surface area (Å²) in [4.78, 5) is 47.6. The molecule has 1 aromatic carbocycles. The summed E-state index contributed by atoms with van der Waals surface area (Å²) in [6, 6.07) is 5.21. The molecule has 1 atom stereocenters. The lowest BCUT2D eigenvalue weighted by molar-refractivity contribution is -0.385. The van der Waals surface area contributed by atoms with Crippen LogP contribution in [0, 0.1) is 10.1 Å². The molecule has 1 aromatic rings. The quantitative estimate of drug-likeness (QED) is 0.375. The molecule has 2 aliphatic rings. The maximum atomic E-state index is 12.5. The Kier molecular flexibility index (Phi) is 4.11. The Balaban J connectivity index is 1.81. The summed E-state index contributed by atoms with van der Waals surface area (Å²) in [6.07, 6.45) is 4.10. The number of carbonyl (C=O) groups excluding carboxylic acids is 3. The summed E-state index contributed by atoms with van der Waals surface area (Å²) in [7, 11) is 0. The minimum Gasteiger partial charge on any atom is -0.324 e. The number of nitro benzene ring substituents is 1. The van der Waals surface area contributed by atoms with Crippen LogP contribution in [0.1, 0.15) is 24.8 Å². The van der Waals surface area contributed by atoms with Crippen LogP contribution in [0.15, 0.2) is 30.3 Å². The second-order valence-corrected chi connectivity index (χ2v) is 5.76. The van der Waals surface area contributed by atoms with E-state index < -0.39 is 28.7 Å². The van der Waals surface area contributed by atoms with Crippen molar-refractivity contribution in [1.82, 2.24) is 10.2 Å². The van der Waals surface area contributed by atoms with E-state index in [9.17, 15) is 24.5 Å². The predicted molar refractivity (Wildman–Crippen MR) is 83.6 cm³/mol. The van der Waals surface area contributed by atoms with Gasteiger partial charge in [0.1, 0.15) is 6.04 Å². The maximum absolute atomic E-state index is 12.5. The number of amides is 3. The van der Waals surface area contributed by atoms with E-state index in [1.807, 2.05) is 0 Å². The second kappa shape index (κ2) is 6.23.